The summed E-state index contributed by atoms with van der Waals surface area (Å²) in [6, 6.07) is 0. The maximum absolute atomic E-state index is 12.7. The van der Waals surface area contributed by atoms with Gasteiger partial charge in [-0.1, -0.05) is 162 Å². The van der Waals surface area contributed by atoms with Crippen molar-refractivity contribution in [3.63, 3.8) is 0 Å². The van der Waals surface area contributed by atoms with E-state index in [2.05, 4.69) is 25.7 Å². The third-order valence-electron chi connectivity index (χ3n) is 10.4. The van der Waals surface area contributed by atoms with Crippen molar-refractivity contribution in [3.8, 4) is 0 Å². The fourth-order valence-corrected chi connectivity index (χ4v) is 6.99. The van der Waals surface area contributed by atoms with E-state index in [1.807, 2.05) is 0 Å². The number of esters is 2. The molecule has 0 fully saturated rings. The number of hydrogen-bond donors (Lipinski definition) is 1. The first-order chi connectivity index (χ1) is 25.6. The summed E-state index contributed by atoms with van der Waals surface area (Å²) >= 11 is 0. The Labute approximate surface area is 323 Å². The minimum atomic E-state index is -0.226. The molecular weight excluding hydrogens is 650 g/mol. The number of unbranched alkanes of at least 4 members (excludes halogenated alkanes) is 24. The summed E-state index contributed by atoms with van der Waals surface area (Å²) in [5.74, 6) is -0.0250. The highest BCUT2D eigenvalue weighted by molar-refractivity contribution is 5.69. The van der Waals surface area contributed by atoms with E-state index >= 15 is 0 Å². The van der Waals surface area contributed by atoms with Crippen LogP contribution in [0.5, 0.6) is 0 Å². The molecular formula is C45H89NO6. The molecule has 52 heavy (non-hydrogen) atoms. The van der Waals surface area contributed by atoms with Crippen molar-refractivity contribution in [1.82, 2.24) is 4.90 Å². The van der Waals surface area contributed by atoms with Gasteiger partial charge in [0.1, 0.15) is 12.9 Å². The zero-order valence-corrected chi connectivity index (χ0v) is 35.1. The maximum Gasteiger partial charge on any atom is 0.306 e. The highest BCUT2D eigenvalue weighted by Crippen LogP contribution is 2.18. The molecule has 0 bridgehead atoms. The van der Waals surface area contributed by atoms with Crippen LogP contribution in [0.4, 0.5) is 0 Å². The van der Waals surface area contributed by atoms with Crippen molar-refractivity contribution < 1.29 is 28.9 Å². The van der Waals surface area contributed by atoms with Gasteiger partial charge in [0.2, 0.25) is 0 Å². The Morgan fingerprint density at radius 2 is 0.865 bits per heavy atom. The predicted molar refractivity (Wildman–Crippen MR) is 220 cm³/mol. The van der Waals surface area contributed by atoms with Crippen LogP contribution in [0.3, 0.4) is 0 Å². The summed E-state index contributed by atoms with van der Waals surface area (Å²) in [4.78, 5) is 27.2. The summed E-state index contributed by atoms with van der Waals surface area (Å²) in [5.41, 5.74) is 0. The number of hydrogen-bond acceptors (Lipinski definition) is 7. The van der Waals surface area contributed by atoms with Crippen molar-refractivity contribution in [1.29, 1.82) is 0 Å². The molecule has 7 heteroatoms. The molecule has 0 saturated heterocycles. The summed E-state index contributed by atoms with van der Waals surface area (Å²) in [7, 11) is 0. The van der Waals surface area contributed by atoms with E-state index in [0.29, 0.717) is 26.1 Å². The monoisotopic (exact) mass is 740 g/mol. The Morgan fingerprint density at radius 1 is 0.462 bits per heavy atom. The minimum Gasteiger partial charge on any atom is -0.466 e. The van der Waals surface area contributed by atoms with Gasteiger partial charge in [-0.25, -0.2) is 0 Å². The number of carbonyl (C=O) groups is 2. The van der Waals surface area contributed by atoms with Gasteiger partial charge < -0.3 is 24.2 Å². The van der Waals surface area contributed by atoms with Crippen molar-refractivity contribution in [2.24, 2.45) is 0 Å². The molecule has 0 radical (unpaired) electrons. The van der Waals surface area contributed by atoms with Crippen LogP contribution >= 0.6 is 0 Å². The largest absolute Gasteiger partial charge is 0.466 e. The molecule has 0 unspecified atom stereocenters. The van der Waals surface area contributed by atoms with E-state index in [1.165, 1.54) is 122 Å². The van der Waals surface area contributed by atoms with Gasteiger partial charge >= 0.3 is 11.9 Å². The first kappa shape index (κ1) is 50.8. The number of ether oxygens (including phenoxy) is 3. The van der Waals surface area contributed by atoms with E-state index < -0.39 is 0 Å². The van der Waals surface area contributed by atoms with Crippen LogP contribution in [0.25, 0.3) is 0 Å². The van der Waals surface area contributed by atoms with E-state index in [9.17, 15) is 9.59 Å². The van der Waals surface area contributed by atoms with Crippen molar-refractivity contribution in [2.45, 2.75) is 239 Å². The van der Waals surface area contributed by atoms with Gasteiger partial charge in [-0.3, -0.25) is 9.59 Å². The lowest BCUT2D eigenvalue weighted by Gasteiger charge is -2.22. The predicted octanol–water partition coefficient (Wildman–Crippen LogP) is 12.6. The lowest BCUT2D eigenvalue weighted by molar-refractivity contribution is -0.150. The van der Waals surface area contributed by atoms with E-state index in [0.717, 1.165) is 96.7 Å². The molecule has 0 rings (SSSR count). The van der Waals surface area contributed by atoms with E-state index in [-0.39, 0.29) is 24.8 Å². The topological polar surface area (TPSA) is 85.3 Å². The molecule has 0 amide bonds. The quantitative estimate of drug-likeness (QED) is 0.0378. The summed E-state index contributed by atoms with van der Waals surface area (Å²) < 4.78 is 16.7. The highest BCUT2D eigenvalue weighted by atomic mass is 16.6. The SMILES string of the molecule is CCCCCCCCCOC(=O)CCCCCCCN(CCCCCCCC(=O)OC(CCCCCCCC)CCCCCCCC)CCOCO. The average molecular weight is 740 g/mol. The number of aliphatic hydroxyl groups is 1. The van der Waals surface area contributed by atoms with Crippen molar-refractivity contribution in [2.75, 3.05) is 39.6 Å². The Balaban J connectivity index is 4.09. The van der Waals surface area contributed by atoms with Gasteiger partial charge in [-0.05, 0) is 70.9 Å². The maximum atomic E-state index is 12.7. The van der Waals surface area contributed by atoms with Gasteiger partial charge in [0, 0.05) is 19.4 Å². The standard InChI is InChI=1S/C45H89NO6/c1-4-7-10-13-16-25-32-40-51-44(48)35-28-21-17-23-30-37-46(39-41-50-42-47)38-31-24-18-22-29-36-45(49)52-43(33-26-19-14-11-8-5-2)34-27-20-15-12-9-6-3/h43,47H,4-42H2,1-3H3. The smallest absolute Gasteiger partial charge is 0.306 e. The molecule has 1 N–H and O–H groups in total. The molecule has 0 spiro atoms. The first-order valence-corrected chi connectivity index (χ1v) is 22.8. The van der Waals surface area contributed by atoms with Crippen LogP contribution < -0.4 is 0 Å². The second kappa shape index (κ2) is 42.6. The van der Waals surface area contributed by atoms with Crippen LogP contribution in [-0.4, -0.2) is 67.7 Å². The van der Waals surface area contributed by atoms with Gasteiger partial charge in [-0.2, -0.15) is 0 Å². The molecule has 0 aromatic rings. The van der Waals surface area contributed by atoms with Crippen LogP contribution in [0.1, 0.15) is 233 Å². The Kier molecular flexibility index (Phi) is 41.6. The molecule has 7 nitrogen and oxygen atoms in total. The van der Waals surface area contributed by atoms with Gasteiger partial charge in [0.05, 0.1) is 13.2 Å². The Morgan fingerprint density at radius 3 is 1.35 bits per heavy atom. The molecule has 0 atom stereocenters. The third kappa shape index (κ3) is 38.5. The van der Waals surface area contributed by atoms with Gasteiger partial charge in [0.25, 0.3) is 0 Å². The summed E-state index contributed by atoms with van der Waals surface area (Å²) in [5, 5.41) is 9.05. The van der Waals surface area contributed by atoms with Gasteiger partial charge in [0.15, 0.2) is 0 Å². The molecule has 0 heterocycles. The average Bonchev–Trinajstić information content (AvgIpc) is 3.14. The Bertz CT molecular complexity index is 719. The van der Waals surface area contributed by atoms with E-state index in [1.54, 1.807) is 0 Å². The zero-order valence-electron chi connectivity index (χ0n) is 35.1. The van der Waals surface area contributed by atoms with E-state index in [4.69, 9.17) is 19.3 Å². The highest BCUT2D eigenvalue weighted by Gasteiger charge is 2.14. The third-order valence-corrected chi connectivity index (χ3v) is 10.4. The number of rotatable bonds is 43. The second-order valence-electron chi connectivity index (χ2n) is 15.5. The number of carbonyl (C=O) groups excluding carboxylic acids is 2. The second-order valence-corrected chi connectivity index (χ2v) is 15.5. The Hall–Kier alpha value is -1.18. The molecule has 0 aromatic heterocycles. The fraction of sp³-hybridized carbons (Fsp3) is 0.956. The lowest BCUT2D eigenvalue weighted by atomic mass is 10.0. The van der Waals surface area contributed by atoms with Crippen molar-refractivity contribution in [3.05, 3.63) is 0 Å². The van der Waals surface area contributed by atoms with Crippen LogP contribution in [0.15, 0.2) is 0 Å². The molecule has 0 aromatic carbocycles. The van der Waals surface area contributed by atoms with Crippen LogP contribution in [-0.2, 0) is 23.8 Å². The van der Waals surface area contributed by atoms with Gasteiger partial charge in [-0.15, -0.1) is 0 Å². The number of nitrogens with zero attached hydrogens (tertiary/aromatic N) is 1. The minimum absolute atomic E-state index is 0.00996. The normalized spacial score (nSPS) is 11.6. The summed E-state index contributed by atoms with van der Waals surface area (Å²) in [6.07, 6.45) is 38.2. The van der Waals surface area contributed by atoms with Crippen LogP contribution in [0.2, 0.25) is 0 Å². The summed E-state index contributed by atoms with van der Waals surface area (Å²) in [6.45, 7) is 10.6. The molecule has 0 saturated carbocycles. The molecule has 0 aliphatic heterocycles. The molecule has 310 valence electrons. The van der Waals surface area contributed by atoms with Crippen molar-refractivity contribution >= 4 is 11.9 Å². The number of aliphatic hydroxyl groups excluding tert-OH is 1. The van der Waals surface area contributed by atoms with Crippen LogP contribution in [0, 0.1) is 0 Å². The zero-order chi connectivity index (χ0) is 38.0. The molecule has 0 aliphatic rings. The fourth-order valence-electron chi connectivity index (χ4n) is 6.99. The lowest BCUT2D eigenvalue weighted by Crippen LogP contribution is -2.30. The molecule has 0 aliphatic carbocycles. The first-order valence-electron chi connectivity index (χ1n) is 22.8.